The summed E-state index contributed by atoms with van der Waals surface area (Å²) in [4.78, 5) is 11.9. The van der Waals surface area contributed by atoms with Gasteiger partial charge >= 0.3 is 0 Å². The van der Waals surface area contributed by atoms with Crippen LogP contribution in [0.5, 0.6) is 0 Å². The Morgan fingerprint density at radius 3 is 3.18 bits per heavy atom. The van der Waals surface area contributed by atoms with Crippen molar-refractivity contribution < 1.29 is 4.79 Å². The zero-order valence-electron chi connectivity index (χ0n) is 13.1. The number of carbonyl (C=O) groups excluding carboxylic acids is 1. The van der Waals surface area contributed by atoms with Crippen LogP contribution in [-0.2, 0) is 11.2 Å². The number of nitrogens with zero attached hydrogens (tertiary/aromatic N) is 1. The van der Waals surface area contributed by atoms with Crippen LogP contribution in [-0.4, -0.2) is 48.3 Å². The summed E-state index contributed by atoms with van der Waals surface area (Å²) in [5, 5.41) is 16.9. The van der Waals surface area contributed by atoms with Gasteiger partial charge in [-0.15, -0.1) is 0 Å². The summed E-state index contributed by atoms with van der Waals surface area (Å²) in [5.74, 6) is 1.72. The highest BCUT2D eigenvalue weighted by molar-refractivity contribution is 5.75. The second-order valence-electron chi connectivity index (χ2n) is 6.63. The van der Waals surface area contributed by atoms with Crippen molar-refractivity contribution in [2.24, 2.45) is 11.8 Å². The average Bonchev–Trinajstić information content (AvgIpc) is 3.03. The van der Waals surface area contributed by atoms with Crippen molar-refractivity contribution in [2.45, 2.75) is 38.1 Å². The first kappa shape index (κ1) is 15.5. The lowest BCUT2D eigenvalue weighted by molar-refractivity contribution is -0.121. The van der Waals surface area contributed by atoms with Gasteiger partial charge in [0, 0.05) is 25.2 Å². The number of aromatic amines is 1. The van der Waals surface area contributed by atoms with Gasteiger partial charge in [-0.25, -0.2) is 0 Å². The number of aromatic nitrogens is 2. The average molecular weight is 305 g/mol. The lowest BCUT2D eigenvalue weighted by Gasteiger charge is -2.41. The zero-order chi connectivity index (χ0) is 15.2. The molecule has 2 bridgehead atoms. The summed E-state index contributed by atoms with van der Waals surface area (Å²) >= 11 is 0. The maximum Gasteiger partial charge on any atom is 0.220 e. The van der Waals surface area contributed by atoms with Gasteiger partial charge in [0.1, 0.15) is 0 Å². The van der Waals surface area contributed by atoms with E-state index in [1.165, 1.54) is 6.42 Å². The van der Waals surface area contributed by atoms with Crippen LogP contribution in [0.25, 0.3) is 0 Å². The van der Waals surface area contributed by atoms with Gasteiger partial charge in [0.2, 0.25) is 5.91 Å². The quantitative estimate of drug-likeness (QED) is 0.589. The van der Waals surface area contributed by atoms with Crippen molar-refractivity contribution in [3.63, 3.8) is 0 Å². The predicted molar refractivity (Wildman–Crippen MR) is 85.4 cm³/mol. The van der Waals surface area contributed by atoms with Crippen LogP contribution in [0, 0.1) is 11.8 Å². The molecule has 2 aliphatic rings. The molecular weight excluding hydrogens is 278 g/mol. The molecular formula is C16H27N5O. The van der Waals surface area contributed by atoms with Gasteiger partial charge in [-0.05, 0) is 62.7 Å². The minimum Gasteiger partial charge on any atom is -0.356 e. The molecule has 1 amide bonds. The van der Waals surface area contributed by atoms with Crippen LogP contribution >= 0.6 is 0 Å². The molecule has 2 fully saturated rings. The Hall–Kier alpha value is -1.40. The van der Waals surface area contributed by atoms with E-state index in [4.69, 9.17) is 0 Å². The van der Waals surface area contributed by atoms with Gasteiger partial charge in [0.25, 0.3) is 0 Å². The number of fused-ring (bicyclic) bond motifs is 2. The van der Waals surface area contributed by atoms with E-state index in [0.29, 0.717) is 19.0 Å². The van der Waals surface area contributed by atoms with Crippen LogP contribution in [0.4, 0.5) is 0 Å². The fraction of sp³-hybridized carbons (Fsp3) is 0.750. The Bertz CT molecular complexity index is 461. The van der Waals surface area contributed by atoms with Crippen molar-refractivity contribution in [2.75, 3.05) is 26.2 Å². The third kappa shape index (κ3) is 4.30. The number of rotatable bonds is 7. The fourth-order valence-corrected chi connectivity index (χ4v) is 3.68. The van der Waals surface area contributed by atoms with Gasteiger partial charge in [-0.1, -0.05) is 0 Å². The number of amides is 1. The van der Waals surface area contributed by atoms with Crippen molar-refractivity contribution in [1.29, 1.82) is 0 Å². The molecule has 3 atom stereocenters. The third-order valence-corrected chi connectivity index (χ3v) is 4.92. The number of piperidine rings is 2. The van der Waals surface area contributed by atoms with E-state index < -0.39 is 0 Å². The van der Waals surface area contributed by atoms with Crippen LogP contribution in [0.1, 0.15) is 31.2 Å². The van der Waals surface area contributed by atoms with Crippen LogP contribution < -0.4 is 16.0 Å². The van der Waals surface area contributed by atoms with E-state index >= 15 is 0 Å². The highest BCUT2D eigenvalue weighted by Gasteiger charge is 2.32. The van der Waals surface area contributed by atoms with E-state index in [2.05, 4.69) is 26.1 Å². The Labute approximate surface area is 131 Å². The molecule has 3 rings (SSSR count). The predicted octanol–water partition coefficient (Wildman–Crippen LogP) is 0.436. The minimum atomic E-state index is 0.166. The highest BCUT2D eigenvalue weighted by Crippen LogP contribution is 2.26. The first-order valence-corrected chi connectivity index (χ1v) is 8.49. The van der Waals surface area contributed by atoms with Crippen molar-refractivity contribution in [3.05, 3.63) is 18.0 Å². The zero-order valence-corrected chi connectivity index (χ0v) is 13.1. The molecule has 6 nitrogen and oxygen atoms in total. The Morgan fingerprint density at radius 2 is 2.32 bits per heavy atom. The largest absolute Gasteiger partial charge is 0.356 e. The summed E-state index contributed by atoms with van der Waals surface area (Å²) in [6.07, 6.45) is 8.56. The molecule has 6 heteroatoms. The Balaban J connectivity index is 1.28. The number of hydrogen-bond acceptors (Lipinski definition) is 4. The van der Waals surface area contributed by atoms with Gasteiger partial charge in [-0.3, -0.25) is 9.89 Å². The molecule has 3 heterocycles. The molecule has 0 aliphatic carbocycles. The van der Waals surface area contributed by atoms with Crippen LogP contribution in [0.3, 0.4) is 0 Å². The molecule has 122 valence electrons. The summed E-state index contributed by atoms with van der Waals surface area (Å²) in [7, 11) is 0. The van der Waals surface area contributed by atoms with E-state index in [1.54, 1.807) is 6.20 Å². The minimum absolute atomic E-state index is 0.166. The molecule has 0 aromatic carbocycles. The SMILES string of the molecule is O=C(CCC[C@@H]1NC[C@@H]2CNC[C@H]1C2)NCCc1cn[nH]c1. The van der Waals surface area contributed by atoms with E-state index in [9.17, 15) is 4.79 Å². The number of carbonyl (C=O) groups is 1. The van der Waals surface area contributed by atoms with E-state index in [0.717, 1.165) is 56.3 Å². The molecule has 4 N–H and O–H groups in total. The lowest BCUT2D eigenvalue weighted by atomic mass is 9.80. The first-order valence-electron chi connectivity index (χ1n) is 8.49. The van der Waals surface area contributed by atoms with Crippen molar-refractivity contribution >= 4 is 5.91 Å². The number of H-pyrrole nitrogens is 1. The van der Waals surface area contributed by atoms with E-state index in [1.807, 2.05) is 6.20 Å². The Kier molecular flexibility index (Phi) is 5.45. The monoisotopic (exact) mass is 305 g/mol. The Morgan fingerprint density at radius 1 is 1.36 bits per heavy atom. The summed E-state index contributed by atoms with van der Waals surface area (Å²) in [6.45, 7) is 4.11. The summed E-state index contributed by atoms with van der Waals surface area (Å²) in [6, 6.07) is 0.586. The molecule has 2 aliphatic heterocycles. The smallest absolute Gasteiger partial charge is 0.220 e. The second kappa shape index (κ2) is 7.74. The highest BCUT2D eigenvalue weighted by atomic mass is 16.1. The first-order chi connectivity index (χ1) is 10.8. The van der Waals surface area contributed by atoms with Crippen LogP contribution in [0.2, 0.25) is 0 Å². The number of hydrogen-bond donors (Lipinski definition) is 4. The topological polar surface area (TPSA) is 81.8 Å². The normalized spacial score (nSPS) is 27.5. The van der Waals surface area contributed by atoms with Gasteiger partial charge in [0.05, 0.1) is 6.20 Å². The van der Waals surface area contributed by atoms with Crippen molar-refractivity contribution in [3.8, 4) is 0 Å². The molecule has 0 spiro atoms. The maximum absolute atomic E-state index is 11.9. The second-order valence-corrected chi connectivity index (χ2v) is 6.63. The third-order valence-electron chi connectivity index (χ3n) is 4.92. The molecule has 0 unspecified atom stereocenters. The number of nitrogens with one attached hydrogen (secondary N) is 4. The molecule has 1 aromatic heterocycles. The summed E-state index contributed by atoms with van der Waals surface area (Å²) < 4.78 is 0. The standard InChI is InChI=1S/C16H27N5O/c22-16(18-5-4-12-9-20-21-10-12)3-1-2-15-14-6-13(8-19-15)7-17-11-14/h9-10,13-15,17,19H,1-8,11H2,(H,18,22)(H,20,21)/t13-,14+,15-/m0/s1. The van der Waals surface area contributed by atoms with Crippen LogP contribution in [0.15, 0.2) is 12.4 Å². The van der Waals surface area contributed by atoms with Gasteiger partial charge in [0.15, 0.2) is 0 Å². The van der Waals surface area contributed by atoms with Crippen molar-refractivity contribution in [1.82, 2.24) is 26.1 Å². The van der Waals surface area contributed by atoms with Gasteiger partial charge in [-0.2, -0.15) is 5.10 Å². The van der Waals surface area contributed by atoms with E-state index in [-0.39, 0.29) is 5.91 Å². The molecule has 0 radical (unpaired) electrons. The van der Waals surface area contributed by atoms with Gasteiger partial charge < -0.3 is 16.0 Å². The molecule has 2 saturated heterocycles. The fourth-order valence-electron chi connectivity index (χ4n) is 3.68. The molecule has 22 heavy (non-hydrogen) atoms. The lowest BCUT2D eigenvalue weighted by Crippen LogP contribution is -2.54. The molecule has 1 aromatic rings. The summed E-state index contributed by atoms with van der Waals surface area (Å²) in [5.41, 5.74) is 1.13. The maximum atomic E-state index is 11.9. The molecule has 0 saturated carbocycles.